The molecule has 0 aromatic carbocycles. The zero-order valence-corrected chi connectivity index (χ0v) is 8.72. The lowest BCUT2D eigenvalue weighted by Crippen LogP contribution is -2.03. The highest BCUT2D eigenvalue weighted by Gasteiger charge is 2.09. The third kappa shape index (κ3) is 2.05. The zero-order chi connectivity index (χ0) is 10.7. The van der Waals surface area contributed by atoms with Crippen LogP contribution in [0.25, 0.3) is 11.4 Å². The Kier molecular flexibility index (Phi) is 2.78. The van der Waals surface area contributed by atoms with Crippen molar-refractivity contribution >= 4 is 0 Å². The molecular weight excluding hydrogens is 188 g/mol. The first kappa shape index (κ1) is 9.86. The second-order valence-electron chi connectivity index (χ2n) is 3.43. The molecule has 2 aromatic heterocycles. The standard InChI is InChI=1S/C11H14N4/c1-15-8-9(5-6-12)11(14-15)10-4-2-3-7-13-10/h2-4,7-8H,5-6,12H2,1H3. The van der Waals surface area contributed by atoms with Crippen LogP contribution in [0.2, 0.25) is 0 Å². The molecule has 0 saturated heterocycles. The maximum Gasteiger partial charge on any atom is 0.114 e. The number of aryl methyl sites for hydroxylation is 1. The predicted molar refractivity (Wildman–Crippen MR) is 59.2 cm³/mol. The number of hydrogen-bond acceptors (Lipinski definition) is 3. The van der Waals surface area contributed by atoms with Crippen LogP contribution in [0.4, 0.5) is 0 Å². The number of pyridine rings is 1. The lowest BCUT2D eigenvalue weighted by atomic mass is 10.1. The first-order chi connectivity index (χ1) is 7.31. The molecule has 4 heteroatoms. The molecule has 0 aliphatic carbocycles. The summed E-state index contributed by atoms with van der Waals surface area (Å²) in [6.07, 6.45) is 4.60. The van der Waals surface area contributed by atoms with Crippen molar-refractivity contribution in [3.63, 3.8) is 0 Å². The summed E-state index contributed by atoms with van der Waals surface area (Å²) < 4.78 is 1.80. The molecule has 0 spiro atoms. The summed E-state index contributed by atoms with van der Waals surface area (Å²) in [5.41, 5.74) is 8.55. The molecule has 2 aromatic rings. The number of nitrogens with two attached hydrogens (primary N) is 1. The number of nitrogens with zero attached hydrogens (tertiary/aromatic N) is 3. The highest BCUT2D eigenvalue weighted by molar-refractivity contribution is 5.58. The van der Waals surface area contributed by atoms with Crippen molar-refractivity contribution in [2.24, 2.45) is 12.8 Å². The van der Waals surface area contributed by atoms with Gasteiger partial charge in [0.05, 0.1) is 5.69 Å². The van der Waals surface area contributed by atoms with E-state index in [0.29, 0.717) is 6.54 Å². The Labute approximate surface area is 88.8 Å². The fourth-order valence-corrected chi connectivity index (χ4v) is 1.59. The van der Waals surface area contributed by atoms with E-state index in [0.717, 1.165) is 23.4 Å². The minimum atomic E-state index is 0.630. The van der Waals surface area contributed by atoms with Gasteiger partial charge in [0, 0.05) is 25.0 Å². The molecular formula is C11H14N4. The monoisotopic (exact) mass is 202 g/mol. The van der Waals surface area contributed by atoms with E-state index < -0.39 is 0 Å². The molecule has 15 heavy (non-hydrogen) atoms. The summed E-state index contributed by atoms with van der Waals surface area (Å²) in [5.74, 6) is 0. The molecule has 2 rings (SSSR count). The largest absolute Gasteiger partial charge is 0.330 e. The Hall–Kier alpha value is -1.68. The number of rotatable bonds is 3. The fourth-order valence-electron chi connectivity index (χ4n) is 1.59. The van der Waals surface area contributed by atoms with Crippen molar-refractivity contribution in [2.45, 2.75) is 6.42 Å². The highest BCUT2D eigenvalue weighted by Crippen LogP contribution is 2.19. The van der Waals surface area contributed by atoms with Crippen molar-refractivity contribution in [3.05, 3.63) is 36.2 Å². The lowest BCUT2D eigenvalue weighted by molar-refractivity contribution is 0.768. The molecule has 0 fully saturated rings. The third-order valence-corrected chi connectivity index (χ3v) is 2.23. The van der Waals surface area contributed by atoms with Crippen LogP contribution < -0.4 is 5.73 Å². The van der Waals surface area contributed by atoms with Gasteiger partial charge >= 0.3 is 0 Å². The van der Waals surface area contributed by atoms with E-state index in [-0.39, 0.29) is 0 Å². The van der Waals surface area contributed by atoms with Crippen LogP contribution in [0.1, 0.15) is 5.56 Å². The molecule has 0 aliphatic heterocycles. The molecule has 2 N–H and O–H groups in total. The first-order valence-electron chi connectivity index (χ1n) is 4.95. The molecule has 4 nitrogen and oxygen atoms in total. The van der Waals surface area contributed by atoms with Gasteiger partial charge in [0.1, 0.15) is 5.69 Å². The van der Waals surface area contributed by atoms with Gasteiger partial charge < -0.3 is 5.73 Å². The normalized spacial score (nSPS) is 10.5. The van der Waals surface area contributed by atoms with E-state index in [2.05, 4.69) is 10.1 Å². The van der Waals surface area contributed by atoms with Crippen LogP contribution in [0.15, 0.2) is 30.6 Å². The van der Waals surface area contributed by atoms with Gasteiger partial charge in [-0.05, 0) is 25.1 Å². The Morgan fingerprint density at radius 1 is 1.40 bits per heavy atom. The van der Waals surface area contributed by atoms with Gasteiger partial charge in [-0.3, -0.25) is 9.67 Å². The predicted octanol–water partition coefficient (Wildman–Crippen LogP) is 0.983. The van der Waals surface area contributed by atoms with Crippen LogP contribution in [0.5, 0.6) is 0 Å². The fraction of sp³-hybridized carbons (Fsp3) is 0.273. The van der Waals surface area contributed by atoms with E-state index in [1.807, 2.05) is 31.4 Å². The molecule has 0 saturated carbocycles. The highest BCUT2D eigenvalue weighted by atomic mass is 15.3. The maximum absolute atomic E-state index is 5.56. The van der Waals surface area contributed by atoms with Crippen molar-refractivity contribution in [3.8, 4) is 11.4 Å². The summed E-state index contributed by atoms with van der Waals surface area (Å²) in [5, 5.41) is 4.40. The Bertz CT molecular complexity index is 433. The molecule has 0 unspecified atom stereocenters. The average Bonchev–Trinajstić information content (AvgIpc) is 2.62. The van der Waals surface area contributed by atoms with Gasteiger partial charge in [-0.15, -0.1) is 0 Å². The Morgan fingerprint density at radius 2 is 2.27 bits per heavy atom. The molecule has 0 bridgehead atoms. The van der Waals surface area contributed by atoms with E-state index in [9.17, 15) is 0 Å². The summed E-state index contributed by atoms with van der Waals surface area (Å²) >= 11 is 0. The van der Waals surface area contributed by atoms with Crippen molar-refractivity contribution < 1.29 is 0 Å². The summed E-state index contributed by atoms with van der Waals surface area (Å²) in [7, 11) is 1.91. The van der Waals surface area contributed by atoms with Crippen molar-refractivity contribution in [1.82, 2.24) is 14.8 Å². The van der Waals surface area contributed by atoms with Crippen molar-refractivity contribution in [2.75, 3.05) is 6.54 Å². The minimum absolute atomic E-state index is 0.630. The van der Waals surface area contributed by atoms with Gasteiger partial charge in [0.2, 0.25) is 0 Å². The van der Waals surface area contributed by atoms with E-state index in [1.165, 1.54) is 0 Å². The van der Waals surface area contributed by atoms with Crippen LogP contribution >= 0.6 is 0 Å². The zero-order valence-electron chi connectivity index (χ0n) is 8.72. The van der Waals surface area contributed by atoms with Crippen LogP contribution in [0, 0.1) is 0 Å². The molecule has 78 valence electrons. The quantitative estimate of drug-likeness (QED) is 0.807. The smallest absolute Gasteiger partial charge is 0.114 e. The SMILES string of the molecule is Cn1cc(CCN)c(-c2ccccn2)n1. The second-order valence-corrected chi connectivity index (χ2v) is 3.43. The topological polar surface area (TPSA) is 56.7 Å². The summed E-state index contributed by atoms with van der Waals surface area (Å²) in [6.45, 7) is 0.630. The third-order valence-electron chi connectivity index (χ3n) is 2.23. The first-order valence-corrected chi connectivity index (χ1v) is 4.95. The number of aromatic nitrogens is 3. The average molecular weight is 202 g/mol. The molecule has 0 amide bonds. The Balaban J connectivity index is 2.43. The van der Waals surface area contributed by atoms with Crippen molar-refractivity contribution in [1.29, 1.82) is 0 Å². The van der Waals surface area contributed by atoms with Gasteiger partial charge in [0.25, 0.3) is 0 Å². The van der Waals surface area contributed by atoms with Gasteiger partial charge in [-0.1, -0.05) is 6.07 Å². The summed E-state index contributed by atoms with van der Waals surface area (Å²) in [4.78, 5) is 4.29. The van der Waals surface area contributed by atoms with Gasteiger partial charge in [-0.25, -0.2) is 0 Å². The van der Waals surface area contributed by atoms with Crippen LogP contribution in [-0.2, 0) is 13.5 Å². The molecule has 2 heterocycles. The van der Waals surface area contributed by atoms with Crippen LogP contribution in [-0.4, -0.2) is 21.3 Å². The lowest BCUT2D eigenvalue weighted by Gasteiger charge is -1.98. The van der Waals surface area contributed by atoms with Crippen LogP contribution in [0.3, 0.4) is 0 Å². The second kappa shape index (κ2) is 4.23. The number of hydrogen-bond donors (Lipinski definition) is 1. The maximum atomic E-state index is 5.56. The van der Waals surface area contributed by atoms with E-state index in [4.69, 9.17) is 5.73 Å². The Morgan fingerprint density at radius 3 is 2.93 bits per heavy atom. The molecule has 0 atom stereocenters. The van der Waals surface area contributed by atoms with E-state index in [1.54, 1.807) is 10.9 Å². The summed E-state index contributed by atoms with van der Waals surface area (Å²) in [6, 6.07) is 5.82. The van der Waals surface area contributed by atoms with Gasteiger partial charge in [0.15, 0.2) is 0 Å². The molecule has 0 radical (unpaired) electrons. The van der Waals surface area contributed by atoms with Gasteiger partial charge in [-0.2, -0.15) is 5.10 Å². The molecule has 0 aliphatic rings. The van der Waals surface area contributed by atoms with E-state index >= 15 is 0 Å². The minimum Gasteiger partial charge on any atom is -0.330 e.